The van der Waals surface area contributed by atoms with Crippen molar-refractivity contribution in [2.24, 2.45) is 16.5 Å². The van der Waals surface area contributed by atoms with Crippen LogP contribution in [-0.2, 0) is 35.9 Å². The van der Waals surface area contributed by atoms with E-state index in [1.165, 1.54) is 40.0 Å². The second kappa shape index (κ2) is 11.2. The van der Waals surface area contributed by atoms with E-state index in [1.54, 1.807) is 25.3 Å². The second-order valence-corrected chi connectivity index (χ2v) is 10.6. The van der Waals surface area contributed by atoms with Gasteiger partial charge in [0.05, 0.1) is 12.0 Å². The Labute approximate surface area is 225 Å². The number of carbonyl (C=O) groups is 3. The summed E-state index contributed by atoms with van der Waals surface area (Å²) in [5.41, 5.74) is 18.6. The molecule has 5 rings (SSSR count). The van der Waals surface area contributed by atoms with E-state index in [1.807, 2.05) is 32.0 Å². The van der Waals surface area contributed by atoms with Crippen LogP contribution in [0.25, 0.3) is 0 Å². The Morgan fingerprint density at radius 2 is 1.71 bits per heavy atom. The fourth-order valence-electron chi connectivity index (χ4n) is 5.60. The molecule has 2 aromatic rings. The molecular weight excluding hydrogens is 478 g/mol. The molecule has 0 aromatic heterocycles. The number of rotatable bonds is 5. The number of anilines is 1. The molecule has 5 N–H and O–H groups in total. The van der Waals surface area contributed by atoms with Crippen molar-refractivity contribution in [1.82, 2.24) is 4.90 Å². The number of fused-ring (bicyclic) bond motifs is 3. The number of nitrogens with zero attached hydrogens (tertiary/aromatic N) is 2. The van der Waals surface area contributed by atoms with E-state index in [0.29, 0.717) is 17.8 Å². The van der Waals surface area contributed by atoms with Gasteiger partial charge in [0.2, 0.25) is 5.91 Å². The van der Waals surface area contributed by atoms with E-state index < -0.39 is 11.4 Å². The van der Waals surface area contributed by atoms with Crippen LogP contribution in [0, 0.1) is 0 Å². The number of primary amides is 1. The first-order valence-electron chi connectivity index (χ1n) is 13.2. The van der Waals surface area contributed by atoms with Gasteiger partial charge in [-0.05, 0) is 99.3 Å². The maximum absolute atomic E-state index is 12.6. The molecule has 0 spiro atoms. The first-order valence-corrected chi connectivity index (χ1v) is 13.2. The summed E-state index contributed by atoms with van der Waals surface area (Å²) in [4.78, 5) is 41.6. The topological polar surface area (TPSA) is 131 Å². The third kappa shape index (κ3) is 5.49. The summed E-state index contributed by atoms with van der Waals surface area (Å²) in [5, 5.41) is 2.84. The Morgan fingerprint density at radius 1 is 1.08 bits per heavy atom. The number of nitrogens with two attached hydrogens (primary N) is 2. The number of nitrogens with one attached hydrogen (secondary N) is 1. The minimum atomic E-state index is -0.706. The largest absolute Gasteiger partial charge is 0.402 e. The van der Waals surface area contributed by atoms with Crippen molar-refractivity contribution >= 4 is 29.7 Å². The third-order valence-electron chi connectivity index (χ3n) is 7.47. The third-order valence-corrected chi connectivity index (χ3v) is 7.47. The lowest BCUT2D eigenvalue weighted by molar-refractivity contribution is -0.134. The molecule has 1 aliphatic heterocycles. The van der Waals surface area contributed by atoms with Crippen LogP contribution in [0.3, 0.4) is 0 Å². The molecule has 0 fully saturated rings. The van der Waals surface area contributed by atoms with Gasteiger partial charge in [0, 0.05) is 31.1 Å². The van der Waals surface area contributed by atoms with E-state index in [0.717, 1.165) is 36.9 Å². The van der Waals surface area contributed by atoms with Gasteiger partial charge >= 0.3 is 6.03 Å². The fourth-order valence-corrected chi connectivity index (χ4v) is 5.60. The molecule has 8 nitrogen and oxygen atoms in total. The highest BCUT2D eigenvalue weighted by Gasteiger charge is 2.43. The molecule has 8 heteroatoms. The van der Waals surface area contributed by atoms with Crippen LogP contribution >= 0.6 is 0 Å². The molecule has 38 heavy (non-hydrogen) atoms. The highest BCUT2D eigenvalue weighted by Crippen LogP contribution is 2.38. The molecule has 2 aromatic carbocycles. The SMILES string of the molecule is C/C(N)=C/C=NCCN1C(=O)c2ccccc2C(C)(C)C1=O.NC(=O)Nc1c2c(cc3c1CCC3)CCC2.[HH]. The molecule has 0 saturated heterocycles. The molecule has 2 aliphatic carbocycles. The number of carbonyl (C=O) groups excluding carboxylic acids is 3. The average molecular weight is 518 g/mol. The van der Waals surface area contributed by atoms with E-state index >= 15 is 0 Å². The van der Waals surface area contributed by atoms with Crippen LogP contribution < -0.4 is 16.8 Å². The average Bonchev–Trinajstić information content (AvgIpc) is 3.54. The van der Waals surface area contributed by atoms with Crippen LogP contribution in [0.1, 0.15) is 73.2 Å². The van der Waals surface area contributed by atoms with Gasteiger partial charge < -0.3 is 16.8 Å². The molecule has 0 saturated carbocycles. The van der Waals surface area contributed by atoms with Gasteiger partial charge in [0.1, 0.15) is 0 Å². The van der Waals surface area contributed by atoms with E-state index in [-0.39, 0.29) is 19.8 Å². The van der Waals surface area contributed by atoms with Gasteiger partial charge in [0.25, 0.3) is 5.91 Å². The lowest BCUT2D eigenvalue weighted by Gasteiger charge is -2.37. The maximum atomic E-state index is 12.6. The molecule has 3 aliphatic rings. The van der Waals surface area contributed by atoms with E-state index in [2.05, 4.69) is 16.4 Å². The van der Waals surface area contributed by atoms with Crippen molar-refractivity contribution in [3.05, 3.63) is 75.5 Å². The lowest BCUT2D eigenvalue weighted by atomic mass is 9.77. The molecule has 1 heterocycles. The zero-order valence-electron chi connectivity index (χ0n) is 22.5. The van der Waals surface area contributed by atoms with Gasteiger partial charge in [-0.15, -0.1) is 0 Å². The normalized spacial score (nSPS) is 17.6. The van der Waals surface area contributed by atoms with Crippen molar-refractivity contribution in [3.63, 3.8) is 0 Å². The number of benzene rings is 2. The Bertz CT molecular complexity index is 1300. The summed E-state index contributed by atoms with van der Waals surface area (Å²) in [6.45, 7) is 6.08. The minimum absolute atomic E-state index is 0. The van der Waals surface area contributed by atoms with Crippen molar-refractivity contribution < 1.29 is 15.8 Å². The van der Waals surface area contributed by atoms with Gasteiger partial charge in [-0.25, -0.2) is 4.79 Å². The van der Waals surface area contributed by atoms with Crippen LogP contribution in [0.2, 0.25) is 0 Å². The van der Waals surface area contributed by atoms with E-state index in [4.69, 9.17) is 11.5 Å². The van der Waals surface area contributed by atoms with Crippen molar-refractivity contribution in [2.45, 2.75) is 64.7 Å². The predicted octanol–water partition coefficient (Wildman–Crippen LogP) is 4.28. The van der Waals surface area contributed by atoms with Crippen molar-refractivity contribution in [1.29, 1.82) is 0 Å². The zero-order valence-corrected chi connectivity index (χ0v) is 22.5. The number of amides is 4. The molecule has 0 unspecified atom stereocenters. The summed E-state index contributed by atoms with van der Waals surface area (Å²) >= 11 is 0. The summed E-state index contributed by atoms with van der Waals surface area (Å²) in [7, 11) is 0. The minimum Gasteiger partial charge on any atom is -0.402 e. The van der Waals surface area contributed by atoms with Crippen LogP contribution in [0.15, 0.2) is 47.1 Å². The Kier molecular flexibility index (Phi) is 7.99. The number of aryl methyl sites for hydroxylation is 2. The van der Waals surface area contributed by atoms with Gasteiger partial charge in [-0.2, -0.15) is 0 Å². The monoisotopic (exact) mass is 517 g/mol. The molecule has 202 valence electrons. The summed E-state index contributed by atoms with van der Waals surface area (Å²) in [6, 6.07) is 9.18. The number of aliphatic imine (C=N–C) groups is 1. The van der Waals surface area contributed by atoms with Crippen LogP contribution in [0.5, 0.6) is 0 Å². The number of allylic oxidation sites excluding steroid dienone is 2. The predicted molar refractivity (Wildman–Crippen MR) is 153 cm³/mol. The lowest BCUT2D eigenvalue weighted by Crippen LogP contribution is -2.52. The number of urea groups is 1. The second-order valence-electron chi connectivity index (χ2n) is 10.6. The fraction of sp³-hybridized carbons (Fsp3) is 0.400. The standard InChI is InChI=1S/C17H21N3O2.C13H16N2O.H2/c1-12(18)8-9-19-10-11-20-15(21)13-6-4-5-7-14(13)17(2,3)16(20)22;14-13(16)15-12-10-5-1-3-8(10)7-9-4-2-6-11(9)12;/h4-9H,10-11,18H2,1-3H3;7H,1-6H2,(H3,14,15,16);1H/b12-8-,19-9?;;. The first kappa shape index (κ1) is 27.1. The quantitative estimate of drug-likeness (QED) is 0.403. The number of hydrogen-bond donors (Lipinski definition) is 3. The summed E-state index contributed by atoms with van der Waals surface area (Å²) in [5.74, 6) is -0.433. The molecule has 0 radical (unpaired) electrons. The molecule has 4 amide bonds. The van der Waals surface area contributed by atoms with Crippen LogP contribution in [-0.4, -0.2) is 42.0 Å². The molecule has 0 atom stereocenters. The molecular formula is C30H39N5O3. The molecule has 0 bridgehead atoms. The smallest absolute Gasteiger partial charge is 0.316 e. The summed E-state index contributed by atoms with van der Waals surface area (Å²) in [6.07, 6.45) is 10.1. The van der Waals surface area contributed by atoms with Gasteiger partial charge in [-0.1, -0.05) is 24.3 Å². The Morgan fingerprint density at radius 3 is 2.32 bits per heavy atom. The van der Waals surface area contributed by atoms with Gasteiger partial charge in [-0.3, -0.25) is 19.5 Å². The van der Waals surface area contributed by atoms with E-state index in [9.17, 15) is 14.4 Å². The highest BCUT2D eigenvalue weighted by atomic mass is 16.2. The van der Waals surface area contributed by atoms with Gasteiger partial charge in [0.15, 0.2) is 0 Å². The van der Waals surface area contributed by atoms with Crippen molar-refractivity contribution in [3.8, 4) is 0 Å². The maximum Gasteiger partial charge on any atom is 0.316 e. The Balaban J connectivity index is 0.000000219. The first-order chi connectivity index (χ1) is 18.1. The highest BCUT2D eigenvalue weighted by molar-refractivity contribution is 6.12. The van der Waals surface area contributed by atoms with Crippen molar-refractivity contribution in [2.75, 3.05) is 18.4 Å². The number of hydrogen-bond acceptors (Lipinski definition) is 5. The Hall–Kier alpha value is -3.94. The number of imide groups is 1. The van der Waals surface area contributed by atoms with Crippen LogP contribution in [0.4, 0.5) is 10.5 Å². The summed E-state index contributed by atoms with van der Waals surface area (Å²) < 4.78 is 0. The zero-order chi connectivity index (χ0) is 27.4.